The van der Waals surface area contributed by atoms with Crippen LogP contribution in [0.15, 0.2) is 36.5 Å². The van der Waals surface area contributed by atoms with Gasteiger partial charge in [0.2, 0.25) is 0 Å². The van der Waals surface area contributed by atoms with Gasteiger partial charge in [0.15, 0.2) is 0 Å². The van der Waals surface area contributed by atoms with Gasteiger partial charge in [-0.05, 0) is 55.0 Å². The van der Waals surface area contributed by atoms with Gasteiger partial charge in [0.05, 0.1) is 12.8 Å². The summed E-state index contributed by atoms with van der Waals surface area (Å²) in [6.45, 7) is 2.10. The average Bonchev–Trinajstić information content (AvgIpc) is 2.47. The molecule has 1 aromatic carbocycles. The zero-order valence-corrected chi connectivity index (χ0v) is 12.0. The van der Waals surface area contributed by atoms with E-state index >= 15 is 0 Å². The van der Waals surface area contributed by atoms with E-state index in [1.54, 1.807) is 7.11 Å². The number of aryl methyl sites for hydroxylation is 2. The lowest BCUT2D eigenvalue weighted by Crippen LogP contribution is -2.05. The fraction of sp³-hybridized carbons (Fsp3) is 0.278. The van der Waals surface area contributed by atoms with Crippen LogP contribution in [0.5, 0.6) is 5.75 Å². The molecule has 0 atom stereocenters. The molecule has 0 unspecified atom stereocenters. The number of methoxy groups -OCH3 is 1. The third-order valence-corrected chi connectivity index (χ3v) is 3.77. The Morgan fingerprint density at radius 1 is 1.20 bits per heavy atom. The Bertz CT molecular complexity index is 658. The van der Waals surface area contributed by atoms with E-state index in [1.165, 1.54) is 23.1 Å². The summed E-state index contributed by atoms with van der Waals surface area (Å²) in [7, 11) is 1.72. The molecule has 0 spiro atoms. The fourth-order valence-corrected chi connectivity index (χ4v) is 2.81. The second kappa shape index (κ2) is 5.49. The highest BCUT2D eigenvalue weighted by Crippen LogP contribution is 2.32. The van der Waals surface area contributed by atoms with Gasteiger partial charge in [-0.1, -0.05) is 24.3 Å². The number of fused-ring (bicyclic) bond motifs is 1. The molecule has 2 aromatic rings. The molecule has 102 valence electrons. The van der Waals surface area contributed by atoms with Crippen molar-refractivity contribution in [1.82, 2.24) is 4.98 Å². The summed E-state index contributed by atoms with van der Waals surface area (Å²) >= 11 is 0. The number of pyridine rings is 1. The molecule has 0 fully saturated rings. The van der Waals surface area contributed by atoms with E-state index in [-0.39, 0.29) is 0 Å². The fourth-order valence-electron chi connectivity index (χ4n) is 2.81. The molecule has 1 aliphatic carbocycles. The number of benzene rings is 1. The van der Waals surface area contributed by atoms with Crippen molar-refractivity contribution in [3.63, 3.8) is 0 Å². The molecule has 20 heavy (non-hydrogen) atoms. The Balaban J connectivity index is 2.06. The van der Waals surface area contributed by atoms with Gasteiger partial charge in [0, 0.05) is 11.8 Å². The van der Waals surface area contributed by atoms with Crippen molar-refractivity contribution in [2.45, 2.75) is 26.2 Å². The van der Waals surface area contributed by atoms with Gasteiger partial charge in [-0.3, -0.25) is 4.98 Å². The van der Waals surface area contributed by atoms with Crippen LogP contribution < -0.4 is 4.74 Å². The molecule has 0 N–H and O–H groups in total. The summed E-state index contributed by atoms with van der Waals surface area (Å²) in [5, 5.41) is 0. The normalized spacial score (nSPS) is 16.0. The molecular formula is C18H19NO. The molecule has 2 nitrogen and oxygen atoms in total. The molecule has 0 amide bonds. The van der Waals surface area contributed by atoms with E-state index in [0.717, 1.165) is 29.8 Å². The quantitative estimate of drug-likeness (QED) is 0.808. The predicted octanol–water partition coefficient (Wildman–Crippen LogP) is 4.28. The topological polar surface area (TPSA) is 22.1 Å². The second-order valence-electron chi connectivity index (χ2n) is 5.29. The third kappa shape index (κ3) is 2.46. The zero-order valence-electron chi connectivity index (χ0n) is 12.0. The molecule has 0 radical (unpaired) electrons. The van der Waals surface area contributed by atoms with Gasteiger partial charge in [0.1, 0.15) is 5.75 Å². The molecule has 2 heteroatoms. The Hall–Kier alpha value is -2.09. The monoisotopic (exact) mass is 265 g/mol. The number of hydrogen-bond donors (Lipinski definition) is 0. The summed E-state index contributed by atoms with van der Waals surface area (Å²) in [5.41, 5.74) is 6.21. The number of ether oxygens (including phenoxy) is 1. The third-order valence-electron chi connectivity index (χ3n) is 3.77. The molecule has 0 saturated carbocycles. The predicted molar refractivity (Wildman–Crippen MR) is 82.8 cm³/mol. The maximum absolute atomic E-state index is 5.43. The average molecular weight is 265 g/mol. The van der Waals surface area contributed by atoms with Crippen LogP contribution in [0.3, 0.4) is 0 Å². The summed E-state index contributed by atoms with van der Waals surface area (Å²) in [5.74, 6) is 0.916. The van der Waals surface area contributed by atoms with Crippen molar-refractivity contribution in [3.8, 4) is 5.75 Å². The van der Waals surface area contributed by atoms with E-state index in [0.29, 0.717) is 0 Å². The molecule has 0 aliphatic heterocycles. The highest BCUT2D eigenvalue weighted by atomic mass is 16.5. The lowest BCUT2D eigenvalue weighted by atomic mass is 9.89. The van der Waals surface area contributed by atoms with Crippen molar-refractivity contribution in [2.75, 3.05) is 7.11 Å². The first-order chi connectivity index (χ1) is 9.78. The van der Waals surface area contributed by atoms with Gasteiger partial charge in [-0.25, -0.2) is 0 Å². The number of para-hydroxylation sites is 1. The first kappa shape index (κ1) is 12.9. The van der Waals surface area contributed by atoms with Crippen LogP contribution in [0.25, 0.3) is 11.6 Å². The van der Waals surface area contributed by atoms with Crippen molar-refractivity contribution in [2.24, 2.45) is 0 Å². The van der Waals surface area contributed by atoms with Crippen molar-refractivity contribution in [1.29, 1.82) is 0 Å². The molecule has 3 rings (SSSR count). The van der Waals surface area contributed by atoms with E-state index in [2.05, 4.69) is 30.1 Å². The van der Waals surface area contributed by atoms with Crippen LogP contribution >= 0.6 is 0 Å². The Morgan fingerprint density at radius 3 is 2.90 bits per heavy atom. The highest BCUT2D eigenvalue weighted by molar-refractivity contribution is 5.83. The number of allylic oxidation sites excluding steroid dienone is 1. The van der Waals surface area contributed by atoms with E-state index in [4.69, 9.17) is 4.74 Å². The van der Waals surface area contributed by atoms with Crippen molar-refractivity contribution >= 4 is 11.6 Å². The summed E-state index contributed by atoms with van der Waals surface area (Å²) in [6, 6.07) is 10.4. The van der Waals surface area contributed by atoms with Gasteiger partial charge in [-0.15, -0.1) is 0 Å². The van der Waals surface area contributed by atoms with Gasteiger partial charge >= 0.3 is 0 Å². The molecular weight excluding hydrogens is 246 g/mol. The minimum atomic E-state index is 0.916. The van der Waals surface area contributed by atoms with Crippen LogP contribution in [-0.4, -0.2) is 12.1 Å². The lowest BCUT2D eigenvalue weighted by Gasteiger charge is -2.18. The van der Waals surface area contributed by atoms with Gasteiger partial charge in [0.25, 0.3) is 0 Å². The smallest absolute Gasteiger partial charge is 0.126 e. The SMILES string of the molecule is COc1ccccc1/C=C1\CCCc2cc(C)cnc21. The minimum Gasteiger partial charge on any atom is -0.496 e. The second-order valence-corrected chi connectivity index (χ2v) is 5.29. The number of rotatable bonds is 2. The lowest BCUT2D eigenvalue weighted by molar-refractivity contribution is 0.414. The molecule has 1 aliphatic rings. The largest absolute Gasteiger partial charge is 0.496 e. The van der Waals surface area contributed by atoms with Crippen LogP contribution in [-0.2, 0) is 6.42 Å². The zero-order chi connectivity index (χ0) is 13.9. The number of nitrogens with zero attached hydrogens (tertiary/aromatic N) is 1. The first-order valence-corrected chi connectivity index (χ1v) is 7.07. The Labute approximate surface area is 120 Å². The van der Waals surface area contributed by atoms with Crippen molar-refractivity contribution < 1.29 is 4.74 Å². The van der Waals surface area contributed by atoms with Gasteiger partial charge < -0.3 is 4.74 Å². The maximum Gasteiger partial charge on any atom is 0.126 e. The van der Waals surface area contributed by atoms with E-state index < -0.39 is 0 Å². The molecule has 1 heterocycles. The summed E-state index contributed by atoms with van der Waals surface area (Å²) in [6.07, 6.45) is 7.59. The first-order valence-electron chi connectivity index (χ1n) is 7.07. The van der Waals surface area contributed by atoms with Crippen LogP contribution in [0, 0.1) is 6.92 Å². The van der Waals surface area contributed by atoms with Crippen LogP contribution in [0.4, 0.5) is 0 Å². The molecule has 0 bridgehead atoms. The van der Waals surface area contributed by atoms with Crippen LogP contribution in [0.2, 0.25) is 0 Å². The molecule has 0 saturated heterocycles. The van der Waals surface area contributed by atoms with E-state index in [1.807, 2.05) is 24.4 Å². The Morgan fingerprint density at radius 2 is 2.05 bits per heavy atom. The van der Waals surface area contributed by atoms with Gasteiger partial charge in [-0.2, -0.15) is 0 Å². The van der Waals surface area contributed by atoms with Crippen molar-refractivity contribution in [3.05, 3.63) is 58.9 Å². The molecule has 1 aromatic heterocycles. The maximum atomic E-state index is 5.43. The minimum absolute atomic E-state index is 0.916. The summed E-state index contributed by atoms with van der Waals surface area (Å²) < 4.78 is 5.43. The summed E-state index contributed by atoms with van der Waals surface area (Å²) in [4.78, 5) is 4.64. The van der Waals surface area contributed by atoms with E-state index in [9.17, 15) is 0 Å². The van der Waals surface area contributed by atoms with Crippen LogP contribution in [0.1, 0.15) is 35.2 Å². The Kier molecular flexibility index (Phi) is 3.55. The number of hydrogen-bond acceptors (Lipinski definition) is 2. The standard InChI is InChI=1S/C18H19NO/c1-13-10-15-7-5-8-16(18(15)19-12-13)11-14-6-3-4-9-17(14)20-2/h3-4,6,9-12H,5,7-8H2,1-2H3/b16-11+. The highest BCUT2D eigenvalue weighted by Gasteiger charge is 2.16. The number of aromatic nitrogens is 1.